The minimum absolute atomic E-state index is 0.131. The van der Waals surface area contributed by atoms with E-state index in [-0.39, 0.29) is 22.5 Å². The van der Waals surface area contributed by atoms with Gasteiger partial charge in [0.05, 0.1) is 35.4 Å². The third-order valence-electron chi connectivity index (χ3n) is 4.03. The number of aliphatic hydroxyl groups excluding tert-OH is 1. The van der Waals surface area contributed by atoms with E-state index in [1.165, 1.54) is 18.6 Å². The van der Waals surface area contributed by atoms with Gasteiger partial charge in [0.1, 0.15) is 10.7 Å². The van der Waals surface area contributed by atoms with Crippen LogP contribution in [0.1, 0.15) is 28.6 Å². The van der Waals surface area contributed by atoms with Crippen LogP contribution in [0.15, 0.2) is 36.8 Å². The minimum Gasteiger partial charge on any atom is -0.387 e. The summed E-state index contributed by atoms with van der Waals surface area (Å²) >= 11 is 5.06. The van der Waals surface area contributed by atoms with Crippen LogP contribution < -0.4 is 5.32 Å². The van der Waals surface area contributed by atoms with Gasteiger partial charge in [-0.2, -0.15) is 26.3 Å². The molecule has 2 aromatic heterocycles. The van der Waals surface area contributed by atoms with Gasteiger partial charge in [-0.1, -0.05) is 24.4 Å². The molecule has 0 saturated carbocycles. The lowest BCUT2D eigenvalue weighted by atomic mass is 9.99. The number of H-pyrrole nitrogens is 1. The number of thiocarbonyl (C=S) groups is 1. The molecule has 0 aliphatic carbocycles. The molecule has 0 spiro atoms. The lowest BCUT2D eigenvalue weighted by molar-refractivity contribution is -0.142. The van der Waals surface area contributed by atoms with Crippen molar-refractivity contribution in [2.45, 2.75) is 18.5 Å². The topological polar surface area (TPSA) is 73.8 Å². The molecular formula is C17H12F6N4OS. The second-order valence-corrected chi connectivity index (χ2v) is 6.39. The number of hydrogen-bond acceptors (Lipinski definition) is 4. The number of fused-ring (bicyclic) bond motifs is 1. The molecule has 1 unspecified atom stereocenters. The Morgan fingerprint density at radius 1 is 1.17 bits per heavy atom. The molecule has 2 heterocycles. The van der Waals surface area contributed by atoms with Crippen molar-refractivity contribution in [2.24, 2.45) is 0 Å². The predicted molar refractivity (Wildman–Crippen MR) is 95.0 cm³/mol. The molecule has 0 fully saturated rings. The summed E-state index contributed by atoms with van der Waals surface area (Å²) in [6.07, 6.45) is -8.77. The van der Waals surface area contributed by atoms with E-state index in [0.29, 0.717) is 17.8 Å². The SMILES string of the molecule is OC(CNC(=S)c1cnc[nH]1)c1cc(C(F)(F)F)nc2c(C(F)(F)F)cccc12. The number of aliphatic hydroxyl groups is 1. The third-order valence-corrected chi connectivity index (χ3v) is 4.39. The number of hydrogen-bond donors (Lipinski definition) is 3. The Balaban J connectivity index is 2.04. The van der Waals surface area contributed by atoms with Gasteiger partial charge in [-0.05, 0) is 17.7 Å². The molecule has 3 N–H and O–H groups in total. The summed E-state index contributed by atoms with van der Waals surface area (Å²) in [5.74, 6) is 0. The van der Waals surface area contributed by atoms with E-state index in [4.69, 9.17) is 12.2 Å². The van der Waals surface area contributed by atoms with Gasteiger partial charge in [-0.25, -0.2) is 9.97 Å². The number of nitrogens with one attached hydrogen (secondary N) is 2. The highest BCUT2D eigenvalue weighted by Gasteiger charge is 2.38. The molecule has 12 heteroatoms. The normalized spacial score (nSPS) is 13.5. The van der Waals surface area contributed by atoms with Gasteiger partial charge in [0.2, 0.25) is 0 Å². The standard InChI is InChI=1S/C17H12F6N4OS/c18-16(19,20)10-3-1-2-8-9(4-13(17(21,22)23)27-14(8)10)12(28)6-25-15(29)11-5-24-7-26-11/h1-5,7,12,28H,6H2,(H,24,26)(H,25,29). The molecule has 0 amide bonds. The van der Waals surface area contributed by atoms with Gasteiger partial charge < -0.3 is 15.4 Å². The second kappa shape index (κ2) is 7.59. The number of nitrogens with zero attached hydrogens (tertiary/aromatic N) is 2. The van der Waals surface area contributed by atoms with E-state index in [0.717, 1.165) is 6.07 Å². The van der Waals surface area contributed by atoms with Crippen LogP contribution in [0, 0.1) is 0 Å². The first-order chi connectivity index (χ1) is 13.5. The maximum Gasteiger partial charge on any atom is 0.433 e. The first kappa shape index (κ1) is 21.0. The molecule has 5 nitrogen and oxygen atoms in total. The number of aromatic nitrogens is 3. The highest BCUT2D eigenvalue weighted by Crippen LogP contribution is 2.38. The Morgan fingerprint density at radius 3 is 2.48 bits per heavy atom. The molecule has 3 aromatic rings. The highest BCUT2D eigenvalue weighted by molar-refractivity contribution is 7.80. The molecular weight excluding hydrogens is 422 g/mol. The van der Waals surface area contributed by atoms with Crippen molar-refractivity contribution >= 4 is 28.1 Å². The first-order valence-corrected chi connectivity index (χ1v) is 8.42. The number of benzene rings is 1. The van der Waals surface area contributed by atoms with Gasteiger partial charge in [0.25, 0.3) is 0 Å². The Morgan fingerprint density at radius 2 is 1.90 bits per heavy atom. The zero-order chi connectivity index (χ0) is 21.4. The molecule has 3 rings (SSSR count). The highest BCUT2D eigenvalue weighted by atomic mass is 32.1. The Bertz CT molecular complexity index is 1030. The fraction of sp³-hybridized carbons (Fsp3) is 0.235. The summed E-state index contributed by atoms with van der Waals surface area (Å²) in [4.78, 5) is 9.77. The number of imidazole rings is 1. The fourth-order valence-corrected chi connectivity index (χ4v) is 2.89. The van der Waals surface area contributed by atoms with E-state index in [2.05, 4.69) is 20.3 Å². The minimum atomic E-state index is -5.00. The molecule has 29 heavy (non-hydrogen) atoms. The Kier molecular flexibility index (Phi) is 5.50. The summed E-state index contributed by atoms with van der Waals surface area (Å²) in [5, 5.41) is 12.8. The molecule has 0 saturated heterocycles. The number of aromatic amines is 1. The van der Waals surface area contributed by atoms with Crippen LogP contribution in [0.4, 0.5) is 26.3 Å². The van der Waals surface area contributed by atoms with Crippen LogP contribution in [-0.2, 0) is 12.4 Å². The van der Waals surface area contributed by atoms with Gasteiger partial charge in [-0.3, -0.25) is 0 Å². The van der Waals surface area contributed by atoms with E-state index in [1.54, 1.807) is 0 Å². The molecule has 1 atom stereocenters. The van der Waals surface area contributed by atoms with E-state index in [9.17, 15) is 31.4 Å². The maximum atomic E-state index is 13.3. The molecule has 154 valence electrons. The summed E-state index contributed by atoms with van der Waals surface area (Å²) in [6.45, 7) is -0.343. The van der Waals surface area contributed by atoms with Crippen LogP contribution in [0.5, 0.6) is 0 Å². The summed E-state index contributed by atoms with van der Waals surface area (Å²) in [7, 11) is 0. The first-order valence-electron chi connectivity index (χ1n) is 8.01. The van der Waals surface area contributed by atoms with E-state index >= 15 is 0 Å². The van der Waals surface area contributed by atoms with Crippen molar-refractivity contribution in [3.8, 4) is 0 Å². The van der Waals surface area contributed by atoms with Gasteiger partial charge in [0.15, 0.2) is 0 Å². The van der Waals surface area contributed by atoms with E-state index in [1.807, 2.05) is 0 Å². The monoisotopic (exact) mass is 434 g/mol. The van der Waals surface area contributed by atoms with Crippen LogP contribution in [-0.4, -0.2) is 31.6 Å². The largest absolute Gasteiger partial charge is 0.433 e. The lowest BCUT2D eigenvalue weighted by Crippen LogP contribution is -2.28. The lowest BCUT2D eigenvalue weighted by Gasteiger charge is -2.19. The molecule has 0 radical (unpaired) electrons. The number of pyridine rings is 1. The Labute approximate surface area is 164 Å². The fourth-order valence-electron chi connectivity index (χ4n) is 2.70. The predicted octanol–water partition coefficient (Wildman–Crippen LogP) is 3.99. The van der Waals surface area contributed by atoms with Crippen LogP contribution >= 0.6 is 12.2 Å². The molecule has 0 aliphatic heterocycles. The van der Waals surface area contributed by atoms with Crippen LogP contribution in [0.2, 0.25) is 0 Å². The smallest absolute Gasteiger partial charge is 0.387 e. The summed E-state index contributed by atoms with van der Waals surface area (Å²) in [6, 6.07) is 3.38. The Hall–Kier alpha value is -2.73. The number of rotatable bonds is 4. The van der Waals surface area contributed by atoms with Crippen molar-refractivity contribution in [2.75, 3.05) is 6.54 Å². The van der Waals surface area contributed by atoms with Gasteiger partial charge >= 0.3 is 12.4 Å². The number of halogens is 6. The van der Waals surface area contributed by atoms with Crippen molar-refractivity contribution < 1.29 is 31.4 Å². The van der Waals surface area contributed by atoms with Crippen molar-refractivity contribution in [1.82, 2.24) is 20.3 Å². The van der Waals surface area contributed by atoms with Gasteiger partial charge in [-0.15, -0.1) is 0 Å². The summed E-state index contributed by atoms with van der Waals surface area (Å²) < 4.78 is 79.4. The molecule has 0 aliphatic rings. The maximum absolute atomic E-state index is 13.3. The van der Waals surface area contributed by atoms with Crippen molar-refractivity contribution in [3.05, 3.63) is 59.3 Å². The van der Waals surface area contributed by atoms with E-state index < -0.39 is 35.2 Å². The number of para-hydroxylation sites is 1. The average Bonchev–Trinajstić information content (AvgIpc) is 3.17. The summed E-state index contributed by atoms with van der Waals surface area (Å²) in [5.41, 5.74) is -3.70. The third kappa shape index (κ3) is 4.48. The molecule has 0 bridgehead atoms. The zero-order valence-electron chi connectivity index (χ0n) is 14.3. The zero-order valence-corrected chi connectivity index (χ0v) is 15.1. The average molecular weight is 434 g/mol. The second-order valence-electron chi connectivity index (χ2n) is 5.99. The van der Waals surface area contributed by atoms with Crippen LogP contribution in [0.3, 0.4) is 0 Å². The van der Waals surface area contributed by atoms with Crippen LogP contribution in [0.25, 0.3) is 10.9 Å². The quantitative estimate of drug-likeness (QED) is 0.428. The van der Waals surface area contributed by atoms with Crippen molar-refractivity contribution in [1.29, 1.82) is 0 Å². The van der Waals surface area contributed by atoms with Crippen molar-refractivity contribution in [3.63, 3.8) is 0 Å². The van der Waals surface area contributed by atoms with Gasteiger partial charge in [0, 0.05) is 11.9 Å². The molecule has 1 aromatic carbocycles. The number of alkyl halides is 6.